The van der Waals surface area contributed by atoms with Gasteiger partial charge < -0.3 is 14.0 Å². The third-order valence-corrected chi connectivity index (χ3v) is 13.2. The van der Waals surface area contributed by atoms with Gasteiger partial charge in [0.15, 0.2) is 12.4 Å². The molecule has 3 aromatic carbocycles. The summed E-state index contributed by atoms with van der Waals surface area (Å²) in [6.45, 7) is 13.0. The lowest BCUT2D eigenvalue weighted by Crippen LogP contribution is -2.43. The van der Waals surface area contributed by atoms with Crippen molar-refractivity contribution >= 4 is 20.3 Å². The van der Waals surface area contributed by atoms with Gasteiger partial charge in [0.25, 0.3) is 0 Å². The van der Waals surface area contributed by atoms with Crippen LogP contribution >= 0.6 is 0 Å². The third kappa shape index (κ3) is 5.83. The predicted octanol–water partition coefficient (Wildman–Crippen LogP) is 7.20. The molecule has 0 N–H and O–H groups in total. The van der Waals surface area contributed by atoms with E-state index in [1.165, 1.54) is 0 Å². The Morgan fingerprint density at radius 1 is 0.878 bits per heavy atom. The summed E-state index contributed by atoms with van der Waals surface area (Å²) in [5.41, 5.74) is 2.39. The number of rotatable bonds is 11. The number of aldehydes is 1. The Bertz CT molecular complexity index is 1350. The van der Waals surface area contributed by atoms with Crippen LogP contribution in [0.4, 0.5) is 0 Å². The number of nitrogens with zero attached hydrogens (tertiary/aromatic N) is 2. The molecule has 0 aliphatic heterocycles. The maximum absolute atomic E-state index is 13.4. The molecule has 6 nitrogen and oxygen atoms in total. The number of esters is 1. The molecule has 0 saturated carbocycles. The minimum absolute atomic E-state index is 0.0438. The van der Waals surface area contributed by atoms with E-state index in [9.17, 15) is 9.59 Å². The van der Waals surface area contributed by atoms with Crippen molar-refractivity contribution in [1.82, 2.24) is 9.55 Å². The fourth-order valence-corrected chi connectivity index (χ4v) is 5.91. The summed E-state index contributed by atoms with van der Waals surface area (Å²) in [5, 5.41) is 0.0438. The SMILES string of the molecule is CCOC(=O)C(OC[Si](C)(C)C(C)(C)C)c1ncn(C(c2ccccc2)(c2ccccc2)c2ccccc2)c1C=O. The Balaban J connectivity index is 1.98. The van der Waals surface area contributed by atoms with Crippen LogP contribution in [0.5, 0.6) is 0 Å². The van der Waals surface area contributed by atoms with E-state index in [1.54, 1.807) is 13.3 Å². The lowest BCUT2D eigenvalue weighted by atomic mass is 9.76. The van der Waals surface area contributed by atoms with Crippen molar-refractivity contribution < 1.29 is 19.1 Å². The molecule has 1 atom stereocenters. The van der Waals surface area contributed by atoms with Crippen LogP contribution in [-0.4, -0.2) is 42.7 Å². The quantitative estimate of drug-likeness (QED) is 0.0828. The fraction of sp³-hybridized carbons (Fsp3) is 0.324. The van der Waals surface area contributed by atoms with Gasteiger partial charge in [0.05, 0.1) is 21.0 Å². The second-order valence-electron chi connectivity index (χ2n) is 11.9. The zero-order chi connectivity index (χ0) is 29.7. The normalized spacial score (nSPS) is 13.0. The van der Waals surface area contributed by atoms with E-state index >= 15 is 0 Å². The standard InChI is InChI=1S/C34H40N2O4Si/c1-7-39-32(38)31(40-25-41(5,6)33(2,3)4)30-29(23-37)36(24-35-30)34(26-17-11-8-12-18-26,27-19-13-9-14-20-27)28-21-15-10-16-22-28/h8-24,31H,7,25H2,1-6H3. The zero-order valence-electron chi connectivity index (χ0n) is 24.8. The summed E-state index contributed by atoms with van der Waals surface area (Å²) in [5.74, 6) is -0.552. The average molecular weight is 569 g/mol. The highest BCUT2D eigenvalue weighted by Crippen LogP contribution is 2.43. The van der Waals surface area contributed by atoms with Gasteiger partial charge in [-0.3, -0.25) is 4.79 Å². The zero-order valence-corrected chi connectivity index (χ0v) is 25.8. The molecule has 41 heavy (non-hydrogen) atoms. The molecule has 214 valence electrons. The van der Waals surface area contributed by atoms with Gasteiger partial charge in [-0.2, -0.15) is 0 Å². The molecular weight excluding hydrogens is 528 g/mol. The fourth-order valence-electron chi connectivity index (χ4n) is 4.90. The lowest BCUT2D eigenvalue weighted by molar-refractivity contribution is -0.156. The number of carbonyl (C=O) groups is 2. The Hall–Kier alpha value is -3.81. The first kappa shape index (κ1) is 30.2. The van der Waals surface area contributed by atoms with Gasteiger partial charge in [0, 0.05) is 6.23 Å². The second-order valence-corrected chi connectivity index (χ2v) is 17.4. The Kier molecular flexibility index (Phi) is 9.10. The summed E-state index contributed by atoms with van der Waals surface area (Å²) in [6, 6.07) is 30.1. The molecule has 0 amide bonds. The maximum Gasteiger partial charge on any atom is 0.341 e. The molecule has 0 spiro atoms. The van der Waals surface area contributed by atoms with Crippen LogP contribution in [-0.2, 0) is 19.8 Å². The Labute approximate surface area is 244 Å². The molecule has 1 aromatic heterocycles. The molecule has 4 rings (SSSR count). The van der Waals surface area contributed by atoms with E-state index < -0.39 is 25.7 Å². The van der Waals surface area contributed by atoms with Crippen LogP contribution in [0, 0.1) is 0 Å². The minimum Gasteiger partial charge on any atom is -0.464 e. The van der Waals surface area contributed by atoms with E-state index in [0.29, 0.717) is 6.23 Å². The van der Waals surface area contributed by atoms with Gasteiger partial charge in [-0.05, 0) is 28.7 Å². The summed E-state index contributed by atoms with van der Waals surface area (Å²) in [4.78, 5) is 31.1. The van der Waals surface area contributed by atoms with Crippen molar-refractivity contribution in [2.24, 2.45) is 0 Å². The van der Waals surface area contributed by atoms with Crippen molar-refractivity contribution in [3.63, 3.8) is 0 Å². The van der Waals surface area contributed by atoms with Gasteiger partial charge in [-0.1, -0.05) is 125 Å². The highest BCUT2D eigenvalue weighted by molar-refractivity contribution is 6.80. The van der Waals surface area contributed by atoms with Gasteiger partial charge in [0.2, 0.25) is 0 Å². The van der Waals surface area contributed by atoms with Crippen LogP contribution < -0.4 is 0 Å². The number of imidazole rings is 1. The van der Waals surface area contributed by atoms with Crippen LogP contribution in [0.25, 0.3) is 0 Å². The molecule has 0 bridgehead atoms. The maximum atomic E-state index is 13.4. The molecule has 0 aliphatic rings. The van der Waals surface area contributed by atoms with Crippen molar-refractivity contribution in [3.05, 3.63) is 125 Å². The van der Waals surface area contributed by atoms with Gasteiger partial charge in [-0.25, -0.2) is 9.78 Å². The van der Waals surface area contributed by atoms with E-state index in [-0.39, 0.29) is 23.0 Å². The molecule has 7 heteroatoms. The highest BCUT2D eigenvalue weighted by Gasteiger charge is 2.43. The molecular formula is C34H40N2O4Si. The summed E-state index contributed by atoms with van der Waals surface area (Å²) in [6.07, 6.45) is 1.69. The Morgan fingerprint density at radius 3 is 1.73 bits per heavy atom. The van der Waals surface area contributed by atoms with E-state index in [1.807, 2.05) is 95.6 Å². The highest BCUT2D eigenvalue weighted by atomic mass is 28.3. The number of aromatic nitrogens is 2. The molecule has 1 unspecified atom stereocenters. The number of ether oxygens (including phenoxy) is 2. The molecule has 1 heterocycles. The Morgan fingerprint density at radius 2 is 1.34 bits per heavy atom. The minimum atomic E-state index is -1.94. The monoisotopic (exact) mass is 568 g/mol. The first-order valence-electron chi connectivity index (χ1n) is 14.1. The largest absolute Gasteiger partial charge is 0.464 e. The summed E-state index contributed by atoms with van der Waals surface area (Å²) < 4.78 is 13.7. The van der Waals surface area contributed by atoms with Crippen LogP contribution in [0.2, 0.25) is 18.1 Å². The van der Waals surface area contributed by atoms with E-state index in [2.05, 4.69) is 33.9 Å². The van der Waals surface area contributed by atoms with Crippen molar-refractivity contribution in [3.8, 4) is 0 Å². The first-order chi connectivity index (χ1) is 19.6. The smallest absolute Gasteiger partial charge is 0.341 e. The second kappa shape index (κ2) is 12.4. The van der Waals surface area contributed by atoms with E-state index in [0.717, 1.165) is 23.0 Å². The van der Waals surface area contributed by atoms with Crippen LogP contribution in [0.3, 0.4) is 0 Å². The summed E-state index contributed by atoms with van der Waals surface area (Å²) in [7, 11) is -1.94. The predicted molar refractivity (Wildman–Crippen MR) is 165 cm³/mol. The number of hydrogen-bond donors (Lipinski definition) is 0. The van der Waals surface area contributed by atoms with Crippen LogP contribution in [0.15, 0.2) is 97.3 Å². The molecule has 0 saturated heterocycles. The van der Waals surface area contributed by atoms with Gasteiger partial charge in [0.1, 0.15) is 16.9 Å². The molecule has 0 fully saturated rings. The van der Waals surface area contributed by atoms with E-state index in [4.69, 9.17) is 14.5 Å². The van der Waals surface area contributed by atoms with Crippen molar-refractivity contribution in [1.29, 1.82) is 0 Å². The third-order valence-electron chi connectivity index (χ3n) is 8.27. The van der Waals surface area contributed by atoms with Crippen LogP contribution in [0.1, 0.15) is 66.7 Å². The van der Waals surface area contributed by atoms with Gasteiger partial charge >= 0.3 is 5.97 Å². The molecule has 0 aliphatic carbocycles. The number of hydrogen-bond acceptors (Lipinski definition) is 5. The van der Waals surface area contributed by atoms with Gasteiger partial charge in [-0.15, -0.1) is 0 Å². The van der Waals surface area contributed by atoms with Crippen molar-refractivity contribution in [2.45, 2.75) is 57.5 Å². The number of carbonyl (C=O) groups excluding carboxylic acids is 2. The molecule has 4 aromatic rings. The topological polar surface area (TPSA) is 70.4 Å². The summed E-state index contributed by atoms with van der Waals surface area (Å²) >= 11 is 0. The first-order valence-corrected chi connectivity index (χ1v) is 17.3. The number of benzene rings is 3. The molecule has 0 radical (unpaired) electrons. The lowest BCUT2D eigenvalue weighted by Gasteiger charge is -2.38. The average Bonchev–Trinajstić information content (AvgIpc) is 3.39. The van der Waals surface area contributed by atoms with Crippen molar-refractivity contribution in [2.75, 3.05) is 12.8 Å².